The third-order valence-electron chi connectivity index (χ3n) is 7.13. The summed E-state index contributed by atoms with van der Waals surface area (Å²) in [6.07, 6.45) is 3.17. The smallest absolute Gasteiger partial charge is 0.253 e. The summed E-state index contributed by atoms with van der Waals surface area (Å²) in [5.41, 5.74) is 3.75. The average Bonchev–Trinajstić information content (AvgIpc) is 2.94. The van der Waals surface area contributed by atoms with Gasteiger partial charge in [0.2, 0.25) is 5.91 Å². The molecule has 1 aliphatic rings. The molecule has 1 fully saturated rings. The molecule has 0 aromatic heterocycles. The second kappa shape index (κ2) is 12.9. The van der Waals surface area contributed by atoms with Crippen LogP contribution in [0.2, 0.25) is 0 Å². The Bertz CT molecular complexity index is 1170. The van der Waals surface area contributed by atoms with Gasteiger partial charge in [-0.1, -0.05) is 67.6 Å². The zero-order valence-corrected chi connectivity index (χ0v) is 21.8. The molecule has 194 valence electrons. The van der Waals surface area contributed by atoms with Crippen molar-refractivity contribution in [2.75, 3.05) is 31.6 Å². The molecule has 0 radical (unpaired) electrons. The zero-order valence-electron chi connectivity index (χ0n) is 21.8. The van der Waals surface area contributed by atoms with Crippen LogP contribution in [-0.2, 0) is 11.2 Å². The van der Waals surface area contributed by atoms with Crippen LogP contribution in [-0.4, -0.2) is 44.6 Å². The van der Waals surface area contributed by atoms with Crippen LogP contribution >= 0.6 is 0 Å². The Kier molecular flexibility index (Phi) is 9.19. The standard InChI is InChI=1S/C31H37N3O3/c1-3-26(23-11-5-4-6-12-23)31(36)33-25-18-21-34(22-19-25)28-15-9-8-14-27(28)30(35)32-20-17-24-13-7-10-16-29(24)37-2/h4-16,25-26H,3,17-22H2,1-2H3,(H,32,35)(H,33,36)/t26-/m0/s1. The Morgan fingerprint density at radius 1 is 0.946 bits per heavy atom. The lowest BCUT2D eigenvalue weighted by Gasteiger charge is -2.35. The van der Waals surface area contributed by atoms with Gasteiger partial charge in [-0.05, 0) is 55.0 Å². The molecule has 0 saturated carbocycles. The normalized spacial score (nSPS) is 14.6. The van der Waals surface area contributed by atoms with Gasteiger partial charge in [0.15, 0.2) is 0 Å². The molecular weight excluding hydrogens is 462 g/mol. The molecule has 4 rings (SSSR count). The monoisotopic (exact) mass is 499 g/mol. The van der Waals surface area contributed by atoms with Crippen LogP contribution < -0.4 is 20.3 Å². The van der Waals surface area contributed by atoms with Gasteiger partial charge in [-0.3, -0.25) is 9.59 Å². The number of anilines is 1. The number of nitrogens with zero attached hydrogens (tertiary/aromatic N) is 1. The lowest BCUT2D eigenvalue weighted by Crippen LogP contribution is -2.46. The van der Waals surface area contributed by atoms with Crippen LogP contribution in [0.4, 0.5) is 5.69 Å². The van der Waals surface area contributed by atoms with Gasteiger partial charge in [0.25, 0.3) is 5.91 Å². The predicted octanol–water partition coefficient (Wildman–Crippen LogP) is 4.95. The van der Waals surface area contributed by atoms with Crippen molar-refractivity contribution >= 4 is 17.5 Å². The topological polar surface area (TPSA) is 70.7 Å². The van der Waals surface area contributed by atoms with E-state index in [-0.39, 0.29) is 23.8 Å². The molecule has 3 aromatic carbocycles. The highest BCUT2D eigenvalue weighted by Crippen LogP contribution is 2.26. The molecule has 1 atom stereocenters. The van der Waals surface area contributed by atoms with E-state index in [0.29, 0.717) is 18.5 Å². The first-order valence-electron chi connectivity index (χ1n) is 13.2. The van der Waals surface area contributed by atoms with E-state index in [1.807, 2.05) is 78.9 Å². The number of carbonyl (C=O) groups excluding carboxylic acids is 2. The fraction of sp³-hybridized carbons (Fsp3) is 0.355. The molecule has 6 nitrogen and oxygen atoms in total. The number of piperidine rings is 1. The highest BCUT2D eigenvalue weighted by molar-refractivity contribution is 5.99. The van der Waals surface area contributed by atoms with Crippen molar-refractivity contribution in [3.63, 3.8) is 0 Å². The number of nitrogens with one attached hydrogen (secondary N) is 2. The summed E-state index contributed by atoms with van der Waals surface area (Å²) in [4.78, 5) is 28.3. The maximum atomic E-state index is 13.1. The Morgan fingerprint density at radius 2 is 1.62 bits per heavy atom. The number of methoxy groups -OCH3 is 1. The minimum atomic E-state index is -0.125. The van der Waals surface area contributed by atoms with Crippen molar-refractivity contribution in [1.29, 1.82) is 0 Å². The third kappa shape index (κ3) is 6.70. The van der Waals surface area contributed by atoms with Gasteiger partial charge in [-0.15, -0.1) is 0 Å². The number of para-hydroxylation sites is 2. The Morgan fingerprint density at radius 3 is 2.35 bits per heavy atom. The fourth-order valence-electron chi connectivity index (χ4n) is 5.08. The lowest BCUT2D eigenvalue weighted by atomic mass is 9.94. The highest BCUT2D eigenvalue weighted by atomic mass is 16.5. The summed E-state index contributed by atoms with van der Waals surface area (Å²) < 4.78 is 5.41. The maximum absolute atomic E-state index is 13.1. The molecule has 0 unspecified atom stereocenters. The predicted molar refractivity (Wildman–Crippen MR) is 148 cm³/mol. The molecular formula is C31H37N3O3. The first kappa shape index (κ1) is 26.3. The van der Waals surface area contributed by atoms with Gasteiger partial charge in [0.1, 0.15) is 5.75 Å². The van der Waals surface area contributed by atoms with Crippen LogP contribution in [0.5, 0.6) is 5.75 Å². The van der Waals surface area contributed by atoms with Crippen LogP contribution in [0.25, 0.3) is 0 Å². The minimum absolute atomic E-state index is 0.0745. The number of ether oxygens (including phenoxy) is 1. The van der Waals surface area contributed by atoms with Gasteiger partial charge in [0, 0.05) is 31.4 Å². The summed E-state index contributed by atoms with van der Waals surface area (Å²) >= 11 is 0. The number of carbonyl (C=O) groups is 2. The quantitative estimate of drug-likeness (QED) is 0.414. The first-order valence-corrected chi connectivity index (χ1v) is 13.2. The van der Waals surface area contributed by atoms with Gasteiger partial charge in [0.05, 0.1) is 18.6 Å². The van der Waals surface area contributed by atoms with Crippen molar-refractivity contribution in [2.24, 2.45) is 0 Å². The number of benzene rings is 3. The fourth-order valence-corrected chi connectivity index (χ4v) is 5.08. The molecule has 3 aromatic rings. The molecule has 0 aliphatic carbocycles. The molecule has 0 bridgehead atoms. The van der Waals surface area contributed by atoms with Crippen molar-refractivity contribution < 1.29 is 14.3 Å². The largest absolute Gasteiger partial charge is 0.496 e. The molecule has 2 amide bonds. The number of hydrogen-bond donors (Lipinski definition) is 2. The van der Waals surface area contributed by atoms with Gasteiger partial charge in [-0.2, -0.15) is 0 Å². The molecule has 1 aliphatic heterocycles. The van der Waals surface area contributed by atoms with Crippen LogP contribution in [0.15, 0.2) is 78.9 Å². The highest BCUT2D eigenvalue weighted by Gasteiger charge is 2.26. The molecule has 1 saturated heterocycles. The number of hydrogen-bond acceptors (Lipinski definition) is 4. The summed E-state index contributed by atoms with van der Waals surface area (Å²) in [6.45, 7) is 4.16. The van der Waals surface area contributed by atoms with Crippen LogP contribution in [0.3, 0.4) is 0 Å². The third-order valence-corrected chi connectivity index (χ3v) is 7.13. The van der Waals surface area contributed by atoms with Crippen molar-refractivity contribution in [1.82, 2.24) is 10.6 Å². The van der Waals surface area contributed by atoms with E-state index < -0.39 is 0 Å². The number of amides is 2. The minimum Gasteiger partial charge on any atom is -0.496 e. The molecule has 1 heterocycles. The summed E-state index contributed by atoms with van der Waals surface area (Å²) in [7, 11) is 1.66. The molecule has 37 heavy (non-hydrogen) atoms. The maximum Gasteiger partial charge on any atom is 0.253 e. The van der Waals surface area contributed by atoms with E-state index >= 15 is 0 Å². The number of rotatable bonds is 10. The van der Waals surface area contributed by atoms with Gasteiger partial charge >= 0.3 is 0 Å². The van der Waals surface area contributed by atoms with Crippen LogP contribution in [0, 0.1) is 0 Å². The van der Waals surface area contributed by atoms with E-state index in [4.69, 9.17) is 4.74 Å². The molecule has 6 heteroatoms. The van der Waals surface area contributed by atoms with Crippen molar-refractivity contribution in [3.8, 4) is 5.75 Å². The van der Waals surface area contributed by atoms with E-state index in [2.05, 4.69) is 22.5 Å². The summed E-state index contributed by atoms with van der Waals surface area (Å²) in [5, 5.41) is 6.34. The van der Waals surface area contributed by atoms with E-state index in [1.54, 1.807) is 7.11 Å². The SMILES string of the molecule is CC[C@H](C(=O)NC1CCN(c2ccccc2C(=O)NCCc2ccccc2OC)CC1)c1ccccc1. The lowest BCUT2D eigenvalue weighted by molar-refractivity contribution is -0.123. The van der Waals surface area contributed by atoms with E-state index in [1.165, 1.54) is 0 Å². The van der Waals surface area contributed by atoms with Gasteiger partial charge < -0.3 is 20.3 Å². The molecule has 0 spiro atoms. The Hall–Kier alpha value is -3.80. The average molecular weight is 500 g/mol. The van der Waals surface area contributed by atoms with Crippen molar-refractivity contribution in [2.45, 2.75) is 44.6 Å². The second-order valence-corrected chi connectivity index (χ2v) is 9.48. The Balaban J connectivity index is 1.32. The van der Waals surface area contributed by atoms with E-state index in [0.717, 1.165) is 54.9 Å². The van der Waals surface area contributed by atoms with Crippen molar-refractivity contribution in [3.05, 3.63) is 95.6 Å². The first-order chi connectivity index (χ1) is 18.1. The molecule has 2 N–H and O–H groups in total. The summed E-state index contributed by atoms with van der Waals surface area (Å²) in [5.74, 6) is 0.734. The van der Waals surface area contributed by atoms with Gasteiger partial charge in [-0.25, -0.2) is 0 Å². The van der Waals surface area contributed by atoms with E-state index in [9.17, 15) is 9.59 Å². The second-order valence-electron chi connectivity index (χ2n) is 9.48. The Labute approximate surface area is 220 Å². The van der Waals surface area contributed by atoms with Crippen LogP contribution in [0.1, 0.15) is 53.6 Å². The summed E-state index contributed by atoms with van der Waals surface area (Å²) in [6, 6.07) is 25.8. The zero-order chi connectivity index (χ0) is 26.0.